The van der Waals surface area contributed by atoms with E-state index in [2.05, 4.69) is 224 Å². The topological polar surface area (TPSA) is 54.2 Å². The maximum absolute atomic E-state index is 11.8. The summed E-state index contributed by atoms with van der Waals surface area (Å²) in [4.78, 5) is 12.9. The summed E-state index contributed by atoms with van der Waals surface area (Å²) in [7, 11) is 0. The Labute approximate surface area is 399 Å². The first-order chi connectivity index (χ1) is 30.5. The number of hydrogen-bond acceptors (Lipinski definition) is 4. The normalized spacial score (nSPS) is 12.1. The van der Waals surface area contributed by atoms with Gasteiger partial charge in [0.2, 0.25) is 0 Å². The molecule has 5 nitrogen and oxygen atoms in total. The third kappa shape index (κ3) is 8.79. The number of aromatic nitrogens is 3. The van der Waals surface area contributed by atoms with Crippen LogP contribution in [0.4, 0.5) is 17.1 Å². The number of anilines is 3. The van der Waals surface area contributed by atoms with Crippen molar-refractivity contribution in [1.29, 1.82) is 0 Å². The minimum absolute atomic E-state index is 0. The molecule has 0 radical (unpaired) electrons. The van der Waals surface area contributed by atoms with Crippen LogP contribution in [0.15, 0.2) is 158 Å². The van der Waals surface area contributed by atoms with E-state index in [1.165, 1.54) is 16.7 Å². The van der Waals surface area contributed by atoms with E-state index in [1.807, 2.05) is 18.3 Å². The quantitative estimate of drug-likeness (QED) is 0.162. The molecule has 330 valence electrons. The molecule has 0 fully saturated rings. The van der Waals surface area contributed by atoms with Crippen LogP contribution < -0.4 is 4.90 Å². The molecular formula is C59H57N4OPt-. The standard InChI is InChI=1S/C59H57N4O.Pt/c1-38-30-31-60-54-48(38)22-17-23-49(54)39-32-40(34-43(33-39)59(8,9)10)50-36-47(62(44-18-13-11-14-19-44)45-20-15-12-16-21-45)37-52-55(50)61-56(51-35-42(58(5,6)7)26-29-53(51)64)63(52)46-27-24-41(25-28-46)57(2,3)4;/h11-31,33-37,64H,1-10H3;/q-1;. The van der Waals surface area contributed by atoms with Crippen LogP contribution in [0.3, 0.4) is 0 Å². The van der Waals surface area contributed by atoms with Gasteiger partial charge in [-0.1, -0.05) is 152 Å². The number of para-hydroxylation sites is 3. The minimum atomic E-state index is -0.193. The summed E-state index contributed by atoms with van der Waals surface area (Å²) in [5.74, 6) is 0.836. The van der Waals surface area contributed by atoms with Crippen LogP contribution in [0.5, 0.6) is 5.75 Å². The number of rotatable bonds is 7. The molecule has 0 atom stereocenters. The second-order valence-corrected chi connectivity index (χ2v) is 20.2. The average molecular weight is 1030 g/mol. The van der Waals surface area contributed by atoms with Crippen molar-refractivity contribution in [2.24, 2.45) is 0 Å². The zero-order chi connectivity index (χ0) is 45.1. The van der Waals surface area contributed by atoms with Crippen molar-refractivity contribution in [1.82, 2.24) is 14.5 Å². The predicted molar refractivity (Wildman–Crippen MR) is 269 cm³/mol. The number of aryl methyl sites for hydroxylation is 1. The van der Waals surface area contributed by atoms with Crippen LogP contribution in [-0.2, 0) is 37.3 Å². The summed E-state index contributed by atoms with van der Waals surface area (Å²) in [6.07, 6.45) is 1.90. The molecule has 0 aliphatic heterocycles. The molecule has 0 saturated heterocycles. The first-order valence-electron chi connectivity index (χ1n) is 22.3. The fourth-order valence-electron chi connectivity index (χ4n) is 8.66. The number of imidazole rings is 1. The van der Waals surface area contributed by atoms with Crippen molar-refractivity contribution in [2.45, 2.75) is 85.5 Å². The Morgan fingerprint density at radius 2 is 1.11 bits per heavy atom. The van der Waals surface area contributed by atoms with E-state index >= 15 is 0 Å². The molecule has 0 aliphatic carbocycles. The van der Waals surface area contributed by atoms with E-state index in [0.29, 0.717) is 11.4 Å². The van der Waals surface area contributed by atoms with Crippen molar-refractivity contribution in [3.63, 3.8) is 0 Å². The largest absolute Gasteiger partial charge is 0.507 e. The SMILES string of the molecule is Cc1ccnc2c(-c3[c-]c(-c4cc(N(c5ccccc5)c5ccccc5)cc5c4nc(-c4cc(C(C)(C)C)ccc4O)n5-c4ccc(C(C)(C)C)cc4)cc(C(C)(C)C)c3)cccc12.[Pt]. The number of phenols is 1. The molecule has 6 heteroatoms. The zero-order valence-corrected chi connectivity index (χ0v) is 41.3. The van der Waals surface area contributed by atoms with E-state index in [4.69, 9.17) is 9.97 Å². The number of pyridine rings is 1. The Balaban J connectivity index is 0.00000576. The molecule has 7 aromatic carbocycles. The van der Waals surface area contributed by atoms with Gasteiger partial charge in [0.05, 0.1) is 16.6 Å². The van der Waals surface area contributed by atoms with Crippen LogP contribution in [0, 0.1) is 13.0 Å². The second-order valence-electron chi connectivity index (χ2n) is 20.2. The van der Waals surface area contributed by atoms with Crippen LogP contribution in [-0.4, -0.2) is 19.6 Å². The fraction of sp³-hybridized carbons (Fsp3) is 0.220. The molecule has 0 amide bonds. The van der Waals surface area contributed by atoms with Gasteiger partial charge >= 0.3 is 0 Å². The zero-order valence-electron chi connectivity index (χ0n) is 39.1. The van der Waals surface area contributed by atoms with E-state index in [1.54, 1.807) is 0 Å². The molecule has 0 spiro atoms. The van der Waals surface area contributed by atoms with Crippen LogP contribution in [0.25, 0.3) is 61.3 Å². The maximum Gasteiger partial charge on any atom is 0.148 e. The van der Waals surface area contributed by atoms with Crippen LogP contribution in [0.1, 0.15) is 84.6 Å². The van der Waals surface area contributed by atoms with Crippen molar-refractivity contribution in [2.75, 3.05) is 4.90 Å². The Bertz CT molecular complexity index is 3130. The van der Waals surface area contributed by atoms with Gasteiger partial charge in [-0.3, -0.25) is 9.55 Å². The molecular weight excluding hydrogens is 976 g/mol. The maximum atomic E-state index is 11.8. The number of aromatic hydroxyl groups is 1. The Morgan fingerprint density at radius 3 is 1.71 bits per heavy atom. The molecule has 2 heterocycles. The van der Waals surface area contributed by atoms with Gasteiger partial charge in [-0.15, -0.1) is 34.9 Å². The van der Waals surface area contributed by atoms with Gasteiger partial charge in [0, 0.05) is 55.5 Å². The Kier molecular flexibility index (Phi) is 12.0. The van der Waals surface area contributed by atoms with Gasteiger partial charge in [-0.2, -0.15) is 0 Å². The number of benzene rings is 7. The van der Waals surface area contributed by atoms with E-state index in [0.717, 1.165) is 72.5 Å². The van der Waals surface area contributed by atoms with E-state index in [-0.39, 0.29) is 43.1 Å². The van der Waals surface area contributed by atoms with E-state index in [9.17, 15) is 5.11 Å². The number of phenolic OH excluding ortho intramolecular Hbond substituents is 1. The molecule has 0 unspecified atom stereocenters. The minimum Gasteiger partial charge on any atom is -0.507 e. The smallest absolute Gasteiger partial charge is 0.148 e. The monoisotopic (exact) mass is 1030 g/mol. The molecule has 0 bridgehead atoms. The summed E-state index contributed by atoms with van der Waals surface area (Å²) in [5.41, 5.74) is 15.5. The van der Waals surface area contributed by atoms with Crippen molar-refractivity contribution in [3.05, 3.63) is 186 Å². The Morgan fingerprint density at radius 1 is 0.523 bits per heavy atom. The molecule has 9 aromatic rings. The van der Waals surface area contributed by atoms with Gasteiger partial charge in [-0.05, 0) is 106 Å². The van der Waals surface area contributed by atoms with Crippen molar-refractivity contribution >= 4 is 39.0 Å². The molecule has 9 rings (SSSR count). The summed E-state index contributed by atoms with van der Waals surface area (Å²) >= 11 is 0. The third-order valence-corrected chi connectivity index (χ3v) is 12.4. The molecule has 0 aliphatic rings. The van der Waals surface area contributed by atoms with Crippen LogP contribution in [0.2, 0.25) is 0 Å². The number of fused-ring (bicyclic) bond motifs is 2. The summed E-state index contributed by atoms with van der Waals surface area (Å²) in [5, 5.41) is 13.0. The number of nitrogens with zero attached hydrogens (tertiary/aromatic N) is 4. The molecule has 2 aromatic heterocycles. The van der Waals surface area contributed by atoms with Gasteiger partial charge in [0.15, 0.2) is 0 Å². The molecule has 65 heavy (non-hydrogen) atoms. The summed E-state index contributed by atoms with van der Waals surface area (Å²) in [6, 6.07) is 57.4. The van der Waals surface area contributed by atoms with Gasteiger partial charge in [-0.25, -0.2) is 4.98 Å². The first-order valence-corrected chi connectivity index (χ1v) is 22.3. The van der Waals surface area contributed by atoms with Gasteiger partial charge in [0.25, 0.3) is 0 Å². The van der Waals surface area contributed by atoms with Crippen molar-refractivity contribution in [3.8, 4) is 45.1 Å². The van der Waals surface area contributed by atoms with Gasteiger partial charge < -0.3 is 10.0 Å². The molecule has 0 saturated carbocycles. The van der Waals surface area contributed by atoms with Crippen LogP contribution >= 0.6 is 0 Å². The second kappa shape index (κ2) is 17.3. The third-order valence-electron chi connectivity index (χ3n) is 12.4. The summed E-state index contributed by atoms with van der Waals surface area (Å²) in [6.45, 7) is 22.2. The van der Waals surface area contributed by atoms with Crippen molar-refractivity contribution < 1.29 is 26.2 Å². The predicted octanol–water partition coefficient (Wildman–Crippen LogP) is 15.7. The summed E-state index contributed by atoms with van der Waals surface area (Å²) < 4.78 is 2.23. The fourth-order valence-corrected chi connectivity index (χ4v) is 8.66. The van der Waals surface area contributed by atoms with Gasteiger partial charge in [0.1, 0.15) is 11.6 Å². The Hall–Kier alpha value is -6.29. The first kappa shape index (κ1) is 45.3. The average Bonchev–Trinajstić information content (AvgIpc) is 3.65. The number of hydrogen-bond donors (Lipinski definition) is 1. The molecule has 1 N–H and O–H groups in total. The van der Waals surface area contributed by atoms with E-state index < -0.39 is 0 Å².